The summed E-state index contributed by atoms with van der Waals surface area (Å²) in [6.07, 6.45) is -3.45. The zero-order chi connectivity index (χ0) is 28.2. The van der Waals surface area contributed by atoms with E-state index in [-0.39, 0.29) is 31.0 Å². The molecule has 0 radical (unpaired) electrons. The van der Waals surface area contributed by atoms with Crippen LogP contribution in [0.4, 0.5) is 13.2 Å². The molecular weight excluding hydrogens is 509 g/mol. The zero-order valence-electron chi connectivity index (χ0n) is 22.1. The number of H-pyrrole nitrogens is 1. The van der Waals surface area contributed by atoms with Crippen molar-refractivity contribution in [3.8, 4) is 22.5 Å². The van der Waals surface area contributed by atoms with Gasteiger partial charge >= 0.3 is 11.9 Å². The van der Waals surface area contributed by atoms with Gasteiger partial charge in [-0.2, -0.15) is 13.2 Å². The SMILES string of the molecule is CCCCC(=O)n1c(C(F)(F)F)c(CCC(C)C)n(Cc2ccc(-c3ccccc3-c3nnn[nH]3)cc2)c1=O. The maximum atomic E-state index is 14.3. The average Bonchev–Trinajstić information content (AvgIpc) is 3.53. The monoisotopic (exact) mass is 540 g/mol. The van der Waals surface area contributed by atoms with E-state index in [4.69, 9.17) is 0 Å². The smallest absolute Gasteiger partial charge is 0.291 e. The minimum Gasteiger partial charge on any atom is -0.291 e. The first-order valence-corrected chi connectivity index (χ1v) is 13.0. The maximum absolute atomic E-state index is 14.3. The van der Waals surface area contributed by atoms with Crippen LogP contribution in [0.15, 0.2) is 53.3 Å². The second kappa shape index (κ2) is 11.8. The Bertz CT molecular complexity index is 1470. The molecular formula is C28H31F3N6O2. The fraction of sp³-hybridized carbons (Fsp3) is 0.393. The number of carbonyl (C=O) groups is 1. The molecule has 206 valence electrons. The average molecular weight is 541 g/mol. The van der Waals surface area contributed by atoms with Crippen LogP contribution >= 0.6 is 0 Å². The number of unbranched alkanes of at least 4 members (excludes halogenated alkanes) is 1. The first-order chi connectivity index (χ1) is 18.6. The number of nitrogens with one attached hydrogen (secondary N) is 1. The fourth-order valence-corrected chi connectivity index (χ4v) is 4.58. The first kappa shape index (κ1) is 28.0. The third-order valence-corrected chi connectivity index (χ3v) is 6.60. The topological polar surface area (TPSA) is 98.5 Å². The van der Waals surface area contributed by atoms with E-state index in [1.807, 2.05) is 57.2 Å². The molecule has 39 heavy (non-hydrogen) atoms. The quantitative estimate of drug-likeness (QED) is 0.267. The summed E-state index contributed by atoms with van der Waals surface area (Å²) in [4.78, 5) is 26.2. The Morgan fingerprint density at radius 3 is 2.33 bits per heavy atom. The van der Waals surface area contributed by atoms with Crippen LogP contribution in [-0.2, 0) is 19.1 Å². The lowest BCUT2D eigenvalue weighted by Crippen LogP contribution is -2.32. The van der Waals surface area contributed by atoms with Gasteiger partial charge in [0.05, 0.1) is 12.2 Å². The second-order valence-corrected chi connectivity index (χ2v) is 9.92. The normalized spacial score (nSPS) is 11.9. The van der Waals surface area contributed by atoms with Gasteiger partial charge in [-0.3, -0.25) is 9.36 Å². The number of tetrazole rings is 1. The molecule has 0 unspecified atom stereocenters. The molecule has 1 N–H and O–H groups in total. The van der Waals surface area contributed by atoms with Gasteiger partial charge in [-0.1, -0.05) is 75.7 Å². The van der Waals surface area contributed by atoms with Crippen molar-refractivity contribution in [3.63, 3.8) is 0 Å². The number of carbonyl (C=O) groups excluding carboxylic acids is 1. The van der Waals surface area contributed by atoms with Gasteiger partial charge in [-0.15, -0.1) is 5.10 Å². The zero-order valence-corrected chi connectivity index (χ0v) is 22.1. The summed E-state index contributed by atoms with van der Waals surface area (Å²) in [5.41, 5.74) is 0.885. The summed E-state index contributed by atoms with van der Waals surface area (Å²) < 4.78 is 44.4. The number of rotatable bonds is 10. The Kier molecular flexibility index (Phi) is 8.47. The summed E-state index contributed by atoms with van der Waals surface area (Å²) >= 11 is 0. The molecule has 2 heterocycles. The van der Waals surface area contributed by atoms with Crippen molar-refractivity contribution in [2.75, 3.05) is 0 Å². The lowest BCUT2D eigenvalue weighted by Gasteiger charge is -2.14. The molecule has 0 atom stereocenters. The van der Waals surface area contributed by atoms with Crippen LogP contribution < -0.4 is 5.69 Å². The molecule has 0 aliphatic carbocycles. The van der Waals surface area contributed by atoms with E-state index in [0.29, 0.717) is 35.2 Å². The number of aromatic nitrogens is 6. The molecule has 0 spiro atoms. The summed E-state index contributed by atoms with van der Waals surface area (Å²) in [6, 6.07) is 14.8. The van der Waals surface area contributed by atoms with E-state index in [1.165, 1.54) is 0 Å². The van der Waals surface area contributed by atoms with E-state index in [9.17, 15) is 22.8 Å². The van der Waals surface area contributed by atoms with Crippen LogP contribution in [0.3, 0.4) is 0 Å². The largest absolute Gasteiger partial charge is 0.433 e. The number of nitrogens with zero attached hydrogens (tertiary/aromatic N) is 5. The van der Waals surface area contributed by atoms with Crippen LogP contribution in [0.2, 0.25) is 0 Å². The Hall–Kier alpha value is -4.02. The molecule has 0 saturated heterocycles. The number of benzene rings is 2. The molecule has 0 bridgehead atoms. The van der Waals surface area contributed by atoms with Crippen molar-refractivity contribution in [2.45, 2.75) is 65.6 Å². The van der Waals surface area contributed by atoms with Crippen molar-refractivity contribution < 1.29 is 18.0 Å². The van der Waals surface area contributed by atoms with E-state index < -0.39 is 23.5 Å². The number of hydrogen-bond donors (Lipinski definition) is 1. The van der Waals surface area contributed by atoms with Gasteiger partial charge in [0, 0.05) is 12.0 Å². The van der Waals surface area contributed by atoms with Crippen LogP contribution in [0.25, 0.3) is 22.5 Å². The third-order valence-electron chi connectivity index (χ3n) is 6.60. The van der Waals surface area contributed by atoms with Gasteiger partial charge in [-0.25, -0.2) is 14.5 Å². The molecule has 0 amide bonds. The van der Waals surface area contributed by atoms with Gasteiger partial charge in [0.25, 0.3) is 0 Å². The lowest BCUT2D eigenvalue weighted by atomic mass is 9.98. The summed E-state index contributed by atoms with van der Waals surface area (Å²) in [5, 5.41) is 14.0. The van der Waals surface area contributed by atoms with E-state index in [2.05, 4.69) is 20.6 Å². The van der Waals surface area contributed by atoms with Crippen LogP contribution in [-0.4, -0.2) is 35.7 Å². The predicted molar refractivity (Wildman–Crippen MR) is 141 cm³/mol. The van der Waals surface area contributed by atoms with Crippen molar-refractivity contribution in [3.05, 3.63) is 76.0 Å². The standard InChI is InChI=1S/C28H31F3N6O2/c1-4-5-10-24(38)37-25(28(29,30)31)23(16-11-18(2)3)36(27(37)39)17-19-12-14-20(15-13-19)21-8-6-7-9-22(21)26-32-34-35-33-26/h6-9,12-15,18H,4-5,10-11,16-17H2,1-3H3,(H,32,33,34,35). The molecule has 0 saturated carbocycles. The number of hydrogen-bond acceptors (Lipinski definition) is 5. The van der Waals surface area contributed by atoms with Crippen LogP contribution in [0, 0.1) is 5.92 Å². The first-order valence-electron chi connectivity index (χ1n) is 13.0. The molecule has 4 rings (SSSR count). The Morgan fingerprint density at radius 1 is 1.05 bits per heavy atom. The number of imidazole rings is 1. The lowest BCUT2D eigenvalue weighted by molar-refractivity contribution is -0.143. The Balaban J connectivity index is 1.74. The van der Waals surface area contributed by atoms with Crippen LogP contribution in [0.5, 0.6) is 0 Å². The minimum absolute atomic E-state index is 0.0342. The fourth-order valence-electron chi connectivity index (χ4n) is 4.58. The maximum Gasteiger partial charge on any atom is 0.433 e. The Morgan fingerprint density at radius 2 is 1.74 bits per heavy atom. The van der Waals surface area contributed by atoms with E-state index in [1.54, 1.807) is 12.1 Å². The molecule has 0 aliphatic rings. The molecule has 0 fully saturated rings. The summed E-state index contributed by atoms with van der Waals surface area (Å²) in [6.45, 7) is 5.57. The molecule has 2 aromatic carbocycles. The van der Waals surface area contributed by atoms with E-state index >= 15 is 0 Å². The molecule has 8 nitrogen and oxygen atoms in total. The van der Waals surface area contributed by atoms with Crippen molar-refractivity contribution in [2.24, 2.45) is 5.92 Å². The third kappa shape index (κ3) is 6.18. The number of halogens is 3. The van der Waals surface area contributed by atoms with Gasteiger partial charge in [0.15, 0.2) is 11.5 Å². The van der Waals surface area contributed by atoms with Gasteiger partial charge in [0.2, 0.25) is 5.91 Å². The minimum atomic E-state index is -4.85. The summed E-state index contributed by atoms with van der Waals surface area (Å²) in [5.74, 6) is -0.204. The predicted octanol–water partition coefficient (Wildman–Crippen LogP) is 5.98. The number of alkyl halides is 3. The van der Waals surface area contributed by atoms with Crippen molar-refractivity contribution in [1.29, 1.82) is 0 Å². The highest BCUT2D eigenvalue weighted by atomic mass is 19.4. The highest BCUT2D eigenvalue weighted by Gasteiger charge is 2.42. The number of aromatic amines is 1. The molecule has 11 heteroatoms. The second-order valence-electron chi connectivity index (χ2n) is 9.92. The summed E-state index contributed by atoms with van der Waals surface area (Å²) in [7, 11) is 0. The molecule has 0 aliphatic heterocycles. The van der Waals surface area contributed by atoms with Gasteiger partial charge in [-0.05, 0) is 52.3 Å². The highest BCUT2D eigenvalue weighted by Crippen LogP contribution is 2.34. The van der Waals surface area contributed by atoms with E-state index in [0.717, 1.165) is 21.3 Å². The van der Waals surface area contributed by atoms with Gasteiger partial charge in [0.1, 0.15) is 0 Å². The molecule has 4 aromatic rings. The van der Waals surface area contributed by atoms with Crippen LogP contribution in [0.1, 0.15) is 68.2 Å². The Labute approximate surface area is 223 Å². The van der Waals surface area contributed by atoms with Crippen molar-refractivity contribution in [1.82, 2.24) is 29.8 Å². The molecule has 2 aromatic heterocycles. The highest BCUT2D eigenvalue weighted by molar-refractivity contribution is 5.81. The van der Waals surface area contributed by atoms with Crippen molar-refractivity contribution >= 4 is 5.91 Å². The van der Waals surface area contributed by atoms with Gasteiger partial charge < -0.3 is 0 Å².